The Morgan fingerprint density at radius 2 is 1.91 bits per heavy atom. The molecule has 174 valence electrons. The van der Waals surface area contributed by atoms with E-state index in [0.717, 1.165) is 33.9 Å². The number of aryl methyl sites for hydroxylation is 1. The van der Waals surface area contributed by atoms with Gasteiger partial charge in [0.15, 0.2) is 0 Å². The minimum Gasteiger partial charge on any atom is -0.334 e. The molecule has 0 saturated carbocycles. The second-order valence-corrected chi connectivity index (χ2v) is 7.82. The third kappa shape index (κ3) is 5.18. The van der Waals surface area contributed by atoms with Gasteiger partial charge in [0.1, 0.15) is 6.54 Å². The van der Waals surface area contributed by atoms with Crippen LogP contribution in [-0.4, -0.2) is 20.6 Å². The quantitative estimate of drug-likeness (QED) is 0.418. The van der Waals surface area contributed by atoms with Crippen molar-refractivity contribution in [1.82, 2.24) is 14.7 Å². The monoisotopic (exact) mass is 488 g/mol. The van der Waals surface area contributed by atoms with Gasteiger partial charge in [0.2, 0.25) is 11.7 Å². The lowest BCUT2D eigenvalue weighted by Gasteiger charge is -2.12. The molecule has 0 unspecified atom stereocenters. The molecule has 0 aliphatic rings. The van der Waals surface area contributed by atoms with Crippen LogP contribution in [0.3, 0.4) is 0 Å². The van der Waals surface area contributed by atoms with Gasteiger partial charge in [-0.2, -0.15) is 18.2 Å². The van der Waals surface area contributed by atoms with E-state index in [9.17, 15) is 22.8 Å². The van der Waals surface area contributed by atoms with Gasteiger partial charge >= 0.3 is 6.18 Å². The van der Waals surface area contributed by atoms with Crippen LogP contribution in [-0.2, 0) is 17.5 Å². The highest BCUT2D eigenvalue weighted by molar-refractivity contribution is 6.33. The number of halogens is 4. The van der Waals surface area contributed by atoms with Crippen LogP contribution in [0.15, 0.2) is 70.1 Å². The lowest BCUT2D eigenvalue weighted by Crippen LogP contribution is -2.27. The molecule has 34 heavy (non-hydrogen) atoms. The number of amides is 1. The van der Waals surface area contributed by atoms with E-state index in [1.54, 1.807) is 0 Å². The van der Waals surface area contributed by atoms with Crippen molar-refractivity contribution in [2.45, 2.75) is 19.6 Å². The van der Waals surface area contributed by atoms with Crippen LogP contribution in [0.4, 0.5) is 18.9 Å². The predicted octanol–water partition coefficient (Wildman–Crippen LogP) is 5.18. The van der Waals surface area contributed by atoms with Crippen molar-refractivity contribution in [2.75, 3.05) is 5.32 Å². The summed E-state index contributed by atoms with van der Waals surface area (Å²) in [5, 5.41) is 6.19. The zero-order valence-corrected chi connectivity index (χ0v) is 18.3. The first-order valence-corrected chi connectivity index (χ1v) is 10.3. The number of alkyl halides is 3. The Labute approximate surface area is 195 Å². The Kier molecular flexibility index (Phi) is 6.25. The van der Waals surface area contributed by atoms with Gasteiger partial charge in [-0.1, -0.05) is 40.5 Å². The van der Waals surface area contributed by atoms with Crippen LogP contribution in [0.25, 0.3) is 22.8 Å². The van der Waals surface area contributed by atoms with Gasteiger partial charge in [0, 0.05) is 17.8 Å². The first-order chi connectivity index (χ1) is 16.1. The fourth-order valence-electron chi connectivity index (χ4n) is 3.17. The molecule has 4 aromatic rings. The summed E-state index contributed by atoms with van der Waals surface area (Å²) in [7, 11) is 0. The molecule has 1 N–H and O–H groups in total. The fraction of sp³-hybridized carbons (Fsp3) is 0.130. The molecule has 7 nitrogen and oxygen atoms in total. The number of aromatic nitrogens is 3. The van der Waals surface area contributed by atoms with Crippen LogP contribution < -0.4 is 10.9 Å². The van der Waals surface area contributed by atoms with Crippen molar-refractivity contribution in [2.24, 2.45) is 0 Å². The van der Waals surface area contributed by atoms with Crippen LogP contribution >= 0.6 is 11.6 Å². The molecule has 0 radical (unpaired) electrons. The molecule has 0 saturated heterocycles. The molecule has 0 spiro atoms. The van der Waals surface area contributed by atoms with E-state index in [-0.39, 0.29) is 16.6 Å². The Morgan fingerprint density at radius 3 is 2.65 bits per heavy atom. The zero-order valence-electron chi connectivity index (χ0n) is 17.6. The Bertz CT molecular complexity index is 1430. The number of anilines is 1. The van der Waals surface area contributed by atoms with Gasteiger partial charge in [0.05, 0.1) is 21.8 Å². The van der Waals surface area contributed by atoms with E-state index in [4.69, 9.17) is 16.1 Å². The lowest BCUT2D eigenvalue weighted by atomic mass is 10.1. The van der Waals surface area contributed by atoms with E-state index >= 15 is 0 Å². The summed E-state index contributed by atoms with van der Waals surface area (Å²) in [5.41, 5.74) is 0.464. The fourth-order valence-corrected chi connectivity index (χ4v) is 3.33. The number of nitrogens with zero attached hydrogens (tertiary/aromatic N) is 3. The molecule has 0 fully saturated rings. The van der Waals surface area contributed by atoms with E-state index < -0.39 is 29.8 Å². The number of pyridine rings is 1. The molecular formula is C23H16ClF3N4O3. The Balaban J connectivity index is 1.55. The topological polar surface area (TPSA) is 90.0 Å². The second kappa shape index (κ2) is 9.14. The summed E-state index contributed by atoms with van der Waals surface area (Å²) >= 11 is 5.91. The summed E-state index contributed by atoms with van der Waals surface area (Å²) < 4.78 is 45.2. The summed E-state index contributed by atoms with van der Waals surface area (Å²) in [6, 6.07) is 12.8. The number of hydrogen-bond acceptors (Lipinski definition) is 5. The molecule has 0 bridgehead atoms. The minimum absolute atomic E-state index is 0.0722. The highest BCUT2D eigenvalue weighted by Crippen LogP contribution is 2.33. The molecule has 4 rings (SSSR count). The number of benzene rings is 2. The first kappa shape index (κ1) is 23.2. The van der Waals surface area contributed by atoms with Crippen LogP contribution in [0.2, 0.25) is 5.02 Å². The van der Waals surface area contributed by atoms with Gasteiger partial charge in [-0.15, -0.1) is 0 Å². The summed E-state index contributed by atoms with van der Waals surface area (Å²) in [6.07, 6.45) is -3.25. The van der Waals surface area contributed by atoms with Gasteiger partial charge in [-0.3, -0.25) is 9.59 Å². The van der Waals surface area contributed by atoms with Gasteiger partial charge < -0.3 is 14.4 Å². The van der Waals surface area contributed by atoms with Crippen molar-refractivity contribution in [1.29, 1.82) is 0 Å². The number of carbonyl (C=O) groups excluding carboxylic acids is 1. The van der Waals surface area contributed by atoms with Crippen LogP contribution in [0.1, 0.15) is 11.1 Å². The van der Waals surface area contributed by atoms with E-state index in [2.05, 4.69) is 15.5 Å². The zero-order chi connectivity index (χ0) is 24.5. The third-order valence-electron chi connectivity index (χ3n) is 4.81. The largest absolute Gasteiger partial charge is 0.416 e. The summed E-state index contributed by atoms with van der Waals surface area (Å²) in [5.74, 6) is -0.258. The average Bonchev–Trinajstić information content (AvgIpc) is 3.26. The molecule has 0 aliphatic carbocycles. The maximum absolute atomic E-state index is 13.0. The van der Waals surface area contributed by atoms with Crippen LogP contribution in [0, 0.1) is 6.92 Å². The van der Waals surface area contributed by atoms with Crippen LogP contribution in [0.5, 0.6) is 0 Å². The molecule has 11 heteroatoms. The number of nitrogens with one attached hydrogen (secondary N) is 1. The Hall–Kier alpha value is -3.92. The Morgan fingerprint density at radius 1 is 1.12 bits per heavy atom. The van der Waals surface area contributed by atoms with Gasteiger partial charge in [-0.05, 0) is 37.3 Å². The maximum Gasteiger partial charge on any atom is 0.416 e. The predicted molar refractivity (Wildman–Crippen MR) is 119 cm³/mol. The average molecular weight is 489 g/mol. The van der Waals surface area contributed by atoms with Gasteiger partial charge in [-0.25, -0.2) is 0 Å². The highest BCUT2D eigenvalue weighted by atomic mass is 35.5. The first-order valence-electron chi connectivity index (χ1n) is 9.88. The van der Waals surface area contributed by atoms with Crippen molar-refractivity contribution >= 4 is 23.2 Å². The van der Waals surface area contributed by atoms with Crippen molar-refractivity contribution < 1.29 is 22.5 Å². The number of rotatable bonds is 5. The summed E-state index contributed by atoms with van der Waals surface area (Å²) in [4.78, 5) is 29.0. The van der Waals surface area contributed by atoms with Crippen molar-refractivity contribution in [3.05, 3.63) is 87.3 Å². The van der Waals surface area contributed by atoms with Crippen molar-refractivity contribution in [3.63, 3.8) is 0 Å². The molecule has 0 atom stereocenters. The summed E-state index contributed by atoms with van der Waals surface area (Å²) in [6.45, 7) is 1.45. The maximum atomic E-state index is 13.0. The second-order valence-electron chi connectivity index (χ2n) is 7.42. The molecule has 2 aromatic heterocycles. The molecular weight excluding hydrogens is 473 g/mol. The lowest BCUT2D eigenvalue weighted by molar-refractivity contribution is -0.137. The van der Waals surface area contributed by atoms with Gasteiger partial charge in [0.25, 0.3) is 11.4 Å². The van der Waals surface area contributed by atoms with E-state index in [1.165, 1.54) is 18.3 Å². The van der Waals surface area contributed by atoms with E-state index in [0.29, 0.717) is 11.4 Å². The number of carbonyl (C=O) groups is 1. The molecule has 2 heterocycles. The number of hydrogen-bond donors (Lipinski definition) is 1. The normalized spacial score (nSPS) is 11.4. The molecule has 2 aromatic carbocycles. The standard InChI is InChI=1S/C23H16ClF3N4O3/c1-13-3-2-4-14(9-13)21-29-22(34-30-21)15-5-8-20(33)31(11-15)12-19(32)28-18-10-16(23(25,26)27)6-7-17(18)24/h2-11H,12H2,1H3,(H,28,32). The molecule has 1 amide bonds. The minimum atomic E-state index is -4.60. The van der Waals surface area contributed by atoms with Crippen molar-refractivity contribution in [3.8, 4) is 22.8 Å². The molecule has 0 aliphatic heterocycles. The SMILES string of the molecule is Cc1cccc(-c2noc(-c3ccc(=O)n(CC(=O)Nc4cc(C(F)(F)F)ccc4Cl)c3)n2)c1. The van der Waals surface area contributed by atoms with E-state index in [1.807, 2.05) is 31.2 Å². The highest BCUT2D eigenvalue weighted by Gasteiger charge is 2.31. The third-order valence-corrected chi connectivity index (χ3v) is 5.14. The smallest absolute Gasteiger partial charge is 0.334 e.